The van der Waals surface area contributed by atoms with E-state index in [1.807, 2.05) is 6.92 Å². The fourth-order valence-corrected chi connectivity index (χ4v) is 3.31. The summed E-state index contributed by atoms with van der Waals surface area (Å²) in [5, 5.41) is 26.3. The highest BCUT2D eigenvalue weighted by Crippen LogP contribution is 2.13. The Labute approximate surface area is 210 Å². The summed E-state index contributed by atoms with van der Waals surface area (Å²) < 4.78 is 0. The summed E-state index contributed by atoms with van der Waals surface area (Å²) in [6.45, 7) is 6.84. The normalized spacial score (nSPS) is 15.2. The van der Waals surface area contributed by atoms with Crippen LogP contribution in [0.15, 0.2) is 24.3 Å². The number of amides is 4. The molecule has 4 amide bonds. The van der Waals surface area contributed by atoms with Gasteiger partial charge in [0.15, 0.2) is 0 Å². The molecular weight excluding hydrogens is 470 g/mol. The van der Waals surface area contributed by atoms with Crippen LogP contribution < -0.4 is 27.4 Å². The van der Waals surface area contributed by atoms with Crippen LogP contribution in [0.25, 0.3) is 0 Å². The van der Waals surface area contributed by atoms with Crippen molar-refractivity contribution >= 4 is 29.6 Å². The highest BCUT2D eigenvalue weighted by molar-refractivity contribution is 5.96. The van der Waals surface area contributed by atoms with E-state index in [4.69, 9.17) is 11.5 Å². The summed E-state index contributed by atoms with van der Waals surface area (Å²) in [7, 11) is 0. The zero-order valence-corrected chi connectivity index (χ0v) is 21.0. The van der Waals surface area contributed by atoms with Gasteiger partial charge < -0.3 is 37.6 Å². The second kappa shape index (κ2) is 14.0. The fraction of sp³-hybridized carbons (Fsp3) is 0.542. The Bertz CT molecular complexity index is 935. The van der Waals surface area contributed by atoms with Gasteiger partial charge in [0.05, 0.1) is 12.5 Å². The third kappa shape index (κ3) is 9.53. The summed E-state index contributed by atoms with van der Waals surface area (Å²) in [6, 6.07) is 1.04. The molecule has 0 fully saturated rings. The lowest BCUT2D eigenvalue weighted by atomic mass is 9.98. The summed E-state index contributed by atoms with van der Waals surface area (Å²) >= 11 is 0. The minimum atomic E-state index is -1.40. The van der Waals surface area contributed by atoms with Crippen LogP contribution in [-0.2, 0) is 30.4 Å². The fourth-order valence-electron chi connectivity index (χ4n) is 3.31. The van der Waals surface area contributed by atoms with Crippen molar-refractivity contribution in [2.45, 2.75) is 71.1 Å². The standard InChI is InChI=1S/C24H37N5O7/c1-5-13(4)19(26)23(34)28-17(11-18(25)31)21(32)27-16(10-14-6-8-15(30)9-7-14)22(33)29-20(12(2)3)24(35)36/h6-9,12-13,16-17,19-20,30H,5,10-11,26H2,1-4H3,(H2,25,31)(H,27,32)(H,28,34)(H,29,33)(H,35,36). The maximum Gasteiger partial charge on any atom is 0.326 e. The lowest BCUT2D eigenvalue weighted by molar-refractivity contribution is -0.143. The number of carboxylic acids is 1. The number of carbonyl (C=O) groups excluding carboxylic acids is 4. The van der Waals surface area contributed by atoms with Gasteiger partial charge in [-0.1, -0.05) is 46.2 Å². The summed E-state index contributed by atoms with van der Waals surface area (Å²) in [4.78, 5) is 61.8. The van der Waals surface area contributed by atoms with Gasteiger partial charge in [-0.3, -0.25) is 19.2 Å². The highest BCUT2D eigenvalue weighted by atomic mass is 16.4. The van der Waals surface area contributed by atoms with E-state index in [-0.39, 0.29) is 18.1 Å². The molecular formula is C24H37N5O7. The predicted octanol–water partition coefficient (Wildman–Crippen LogP) is -0.621. The molecule has 12 nitrogen and oxygen atoms in total. The molecule has 200 valence electrons. The van der Waals surface area contributed by atoms with Crippen molar-refractivity contribution in [1.29, 1.82) is 0 Å². The topological polar surface area (TPSA) is 214 Å². The molecule has 0 saturated heterocycles. The van der Waals surface area contributed by atoms with Crippen LogP contribution >= 0.6 is 0 Å². The van der Waals surface area contributed by atoms with Gasteiger partial charge in [0.2, 0.25) is 23.6 Å². The Balaban J connectivity index is 3.18. The second-order valence-corrected chi connectivity index (χ2v) is 9.14. The van der Waals surface area contributed by atoms with E-state index >= 15 is 0 Å². The largest absolute Gasteiger partial charge is 0.508 e. The Morgan fingerprint density at radius 3 is 1.89 bits per heavy atom. The van der Waals surface area contributed by atoms with Crippen LogP contribution in [0.2, 0.25) is 0 Å². The number of aliphatic carboxylic acids is 1. The van der Waals surface area contributed by atoms with E-state index in [0.717, 1.165) is 0 Å². The first-order valence-corrected chi connectivity index (χ1v) is 11.7. The second-order valence-electron chi connectivity index (χ2n) is 9.14. The third-order valence-corrected chi connectivity index (χ3v) is 5.84. The van der Waals surface area contributed by atoms with Crippen molar-refractivity contribution in [1.82, 2.24) is 16.0 Å². The number of phenols is 1. The van der Waals surface area contributed by atoms with Gasteiger partial charge in [0, 0.05) is 6.42 Å². The average molecular weight is 508 g/mol. The molecule has 0 radical (unpaired) electrons. The number of hydrogen-bond acceptors (Lipinski definition) is 7. The van der Waals surface area contributed by atoms with Gasteiger partial charge in [-0.2, -0.15) is 0 Å². The summed E-state index contributed by atoms with van der Waals surface area (Å²) in [5.74, 6) is -5.05. The van der Waals surface area contributed by atoms with Crippen LogP contribution in [0.4, 0.5) is 0 Å². The van der Waals surface area contributed by atoms with Crippen molar-refractivity contribution in [3.8, 4) is 5.75 Å². The molecule has 0 bridgehead atoms. The number of aromatic hydroxyl groups is 1. The van der Waals surface area contributed by atoms with E-state index in [1.165, 1.54) is 24.3 Å². The molecule has 5 unspecified atom stereocenters. The lowest BCUT2D eigenvalue weighted by Gasteiger charge is -2.26. The average Bonchev–Trinajstić information content (AvgIpc) is 2.80. The summed E-state index contributed by atoms with van der Waals surface area (Å²) in [6.07, 6.45) is 0.00470. The molecule has 0 aromatic heterocycles. The van der Waals surface area contributed by atoms with Gasteiger partial charge in [-0.15, -0.1) is 0 Å². The molecule has 1 aromatic carbocycles. The van der Waals surface area contributed by atoms with Crippen LogP contribution in [0.5, 0.6) is 5.75 Å². The quantitative estimate of drug-likeness (QED) is 0.172. The van der Waals surface area contributed by atoms with Crippen molar-refractivity contribution < 1.29 is 34.2 Å². The lowest BCUT2D eigenvalue weighted by Crippen LogP contribution is -2.59. The van der Waals surface area contributed by atoms with Crippen molar-refractivity contribution in [2.75, 3.05) is 0 Å². The Hall–Kier alpha value is -3.67. The zero-order chi connectivity index (χ0) is 27.6. The van der Waals surface area contributed by atoms with Gasteiger partial charge >= 0.3 is 5.97 Å². The molecule has 0 heterocycles. The minimum Gasteiger partial charge on any atom is -0.508 e. The SMILES string of the molecule is CCC(C)C(N)C(=O)NC(CC(N)=O)C(=O)NC(Cc1ccc(O)cc1)C(=O)NC(C(=O)O)C(C)C. The number of rotatable bonds is 14. The van der Waals surface area contributed by atoms with Gasteiger partial charge in [-0.05, 0) is 29.5 Å². The third-order valence-electron chi connectivity index (χ3n) is 5.84. The number of nitrogens with two attached hydrogens (primary N) is 2. The number of benzene rings is 1. The van der Waals surface area contributed by atoms with E-state index in [0.29, 0.717) is 12.0 Å². The Morgan fingerprint density at radius 2 is 1.42 bits per heavy atom. The summed E-state index contributed by atoms with van der Waals surface area (Å²) in [5.41, 5.74) is 11.7. The van der Waals surface area contributed by atoms with Gasteiger partial charge in [0.1, 0.15) is 23.9 Å². The molecule has 0 aliphatic carbocycles. The van der Waals surface area contributed by atoms with Crippen LogP contribution in [-0.4, -0.2) is 64.0 Å². The van der Waals surface area contributed by atoms with Crippen LogP contribution in [0, 0.1) is 11.8 Å². The molecule has 9 N–H and O–H groups in total. The number of primary amides is 1. The first kappa shape index (κ1) is 30.4. The van der Waals surface area contributed by atoms with E-state index < -0.39 is 66.1 Å². The number of nitrogens with one attached hydrogen (secondary N) is 3. The molecule has 5 atom stereocenters. The number of phenolic OH excluding ortho intramolecular Hbond substituents is 1. The monoisotopic (exact) mass is 507 g/mol. The molecule has 0 spiro atoms. The molecule has 12 heteroatoms. The molecule has 0 saturated carbocycles. The van der Waals surface area contributed by atoms with Gasteiger partial charge in [-0.25, -0.2) is 4.79 Å². The number of hydrogen-bond donors (Lipinski definition) is 7. The van der Waals surface area contributed by atoms with E-state index in [9.17, 15) is 34.2 Å². The number of carbonyl (C=O) groups is 5. The first-order valence-electron chi connectivity index (χ1n) is 11.7. The Kier molecular flexibility index (Phi) is 11.8. The molecule has 1 rings (SSSR count). The maximum atomic E-state index is 13.1. The van der Waals surface area contributed by atoms with E-state index in [2.05, 4.69) is 16.0 Å². The maximum absolute atomic E-state index is 13.1. The zero-order valence-electron chi connectivity index (χ0n) is 21.0. The molecule has 0 aliphatic rings. The molecule has 1 aromatic rings. The van der Waals surface area contributed by atoms with Crippen molar-refractivity contribution in [3.63, 3.8) is 0 Å². The number of carboxylic acid groups (broad SMARTS) is 1. The van der Waals surface area contributed by atoms with Crippen LogP contribution in [0.3, 0.4) is 0 Å². The molecule has 36 heavy (non-hydrogen) atoms. The predicted molar refractivity (Wildman–Crippen MR) is 131 cm³/mol. The highest BCUT2D eigenvalue weighted by Gasteiger charge is 2.32. The minimum absolute atomic E-state index is 0.00332. The first-order chi connectivity index (χ1) is 16.8. The molecule has 0 aliphatic heterocycles. The van der Waals surface area contributed by atoms with Gasteiger partial charge in [0.25, 0.3) is 0 Å². The van der Waals surface area contributed by atoms with Crippen molar-refractivity contribution in [3.05, 3.63) is 29.8 Å². The van der Waals surface area contributed by atoms with Crippen LogP contribution in [0.1, 0.15) is 46.1 Å². The Morgan fingerprint density at radius 1 is 0.889 bits per heavy atom. The van der Waals surface area contributed by atoms with E-state index in [1.54, 1.807) is 20.8 Å². The van der Waals surface area contributed by atoms with Crippen molar-refractivity contribution in [2.24, 2.45) is 23.3 Å². The smallest absolute Gasteiger partial charge is 0.326 e.